The van der Waals surface area contributed by atoms with E-state index in [1.165, 1.54) is 12.8 Å². The summed E-state index contributed by atoms with van der Waals surface area (Å²) in [6.45, 7) is 7.41. The Balaban J connectivity index is 2.24. The molecule has 0 amide bonds. The Morgan fingerprint density at radius 3 is 2.82 bits per heavy atom. The van der Waals surface area contributed by atoms with Gasteiger partial charge in [-0.3, -0.25) is 0 Å². The van der Waals surface area contributed by atoms with Gasteiger partial charge in [-0.15, -0.1) is 0 Å². The Labute approximate surface area is 103 Å². The van der Waals surface area contributed by atoms with Crippen LogP contribution in [-0.2, 0) is 0 Å². The molecule has 1 saturated heterocycles. The molecule has 1 aromatic heterocycles. The molecular formula is C14H22N2O. The van der Waals surface area contributed by atoms with Crippen molar-refractivity contribution < 1.29 is 5.11 Å². The van der Waals surface area contributed by atoms with E-state index < -0.39 is 6.10 Å². The van der Waals surface area contributed by atoms with Gasteiger partial charge < -0.3 is 10.0 Å². The van der Waals surface area contributed by atoms with Crippen molar-refractivity contribution in [1.82, 2.24) is 4.98 Å². The van der Waals surface area contributed by atoms with Gasteiger partial charge in [0.2, 0.25) is 0 Å². The standard InChI is InChI=1S/C14H22N2O/c1-10(2)13-5-4-8-16(13)14-9-12(11(3)17)6-7-15-14/h6-7,9-11,13,17H,4-5,8H2,1-3H3/t11-,13?/m0/s1. The molecular weight excluding hydrogens is 212 g/mol. The molecule has 1 N–H and O–H groups in total. The number of hydrogen-bond acceptors (Lipinski definition) is 3. The van der Waals surface area contributed by atoms with Crippen LogP contribution in [-0.4, -0.2) is 22.7 Å². The van der Waals surface area contributed by atoms with Crippen molar-refractivity contribution in [3.63, 3.8) is 0 Å². The Morgan fingerprint density at radius 2 is 2.18 bits per heavy atom. The number of hydrogen-bond donors (Lipinski definition) is 1. The van der Waals surface area contributed by atoms with Crippen molar-refractivity contribution in [3.8, 4) is 0 Å². The zero-order chi connectivity index (χ0) is 12.4. The van der Waals surface area contributed by atoms with E-state index in [0.29, 0.717) is 12.0 Å². The largest absolute Gasteiger partial charge is 0.389 e. The lowest BCUT2D eigenvalue weighted by atomic mass is 10.0. The predicted octanol–water partition coefficient (Wildman–Crippen LogP) is 2.76. The number of aliphatic hydroxyl groups excluding tert-OH is 1. The third kappa shape index (κ3) is 2.60. The monoisotopic (exact) mass is 234 g/mol. The van der Waals surface area contributed by atoms with E-state index in [4.69, 9.17) is 0 Å². The molecule has 0 bridgehead atoms. The summed E-state index contributed by atoms with van der Waals surface area (Å²) < 4.78 is 0. The van der Waals surface area contributed by atoms with Crippen LogP contribution in [0.3, 0.4) is 0 Å². The zero-order valence-corrected chi connectivity index (χ0v) is 10.9. The fourth-order valence-electron chi connectivity index (χ4n) is 2.62. The predicted molar refractivity (Wildman–Crippen MR) is 70.1 cm³/mol. The fourth-order valence-corrected chi connectivity index (χ4v) is 2.62. The second kappa shape index (κ2) is 5.05. The van der Waals surface area contributed by atoms with Crippen molar-refractivity contribution in [2.75, 3.05) is 11.4 Å². The number of aromatic nitrogens is 1. The molecule has 0 aliphatic carbocycles. The van der Waals surface area contributed by atoms with E-state index in [0.717, 1.165) is 17.9 Å². The van der Waals surface area contributed by atoms with Gasteiger partial charge in [0.05, 0.1) is 6.10 Å². The zero-order valence-electron chi connectivity index (χ0n) is 10.9. The van der Waals surface area contributed by atoms with Gasteiger partial charge in [0.15, 0.2) is 0 Å². The first-order valence-corrected chi connectivity index (χ1v) is 6.50. The summed E-state index contributed by atoms with van der Waals surface area (Å²) in [6.07, 6.45) is 3.87. The molecule has 0 spiro atoms. The van der Waals surface area contributed by atoms with Gasteiger partial charge in [-0.2, -0.15) is 0 Å². The highest BCUT2D eigenvalue weighted by molar-refractivity contribution is 5.44. The van der Waals surface area contributed by atoms with Crippen molar-refractivity contribution in [2.24, 2.45) is 5.92 Å². The van der Waals surface area contributed by atoms with Gasteiger partial charge in [-0.25, -0.2) is 4.98 Å². The molecule has 1 aromatic rings. The second-order valence-corrected chi connectivity index (χ2v) is 5.27. The maximum atomic E-state index is 9.62. The first-order valence-electron chi connectivity index (χ1n) is 6.50. The van der Waals surface area contributed by atoms with Crippen LogP contribution in [0.4, 0.5) is 5.82 Å². The third-order valence-electron chi connectivity index (χ3n) is 3.62. The van der Waals surface area contributed by atoms with E-state index in [9.17, 15) is 5.11 Å². The number of aliphatic hydroxyl groups is 1. The van der Waals surface area contributed by atoms with Crippen LogP contribution in [0.15, 0.2) is 18.3 Å². The highest BCUT2D eigenvalue weighted by atomic mass is 16.3. The highest BCUT2D eigenvalue weighted by Gasteiger charge is 2.28. The van der Waals surface area contributed by atoms with Crippen LogP contribution in [0.1, 0.15) is 45.3 Å². The number of anilines is 1. The number of pyridine rings is 1. The summed E-state index contributed by atoms with van der Waals surface area (Å²) in [5.41, 5.74) is 0.949. The molecule has 1 aliphatic heterocycles. The topological polar surface area (TPSA) is 36.4 Å². The molecule has 1 fully saturated rings. The maximum absolute atomic E-state index is 9.62. The van der Waals surface area contributed by atoms with Gasteiger partial charge in [-0.05, 0) is 43.4 Å². The molecule has 2 atom stereocenters. The van der Waals surface area contributed by atoms with E-state index in [-0.39, 0.29) is 0 Å². The summed E-state index contributed by atoms with van der Waals surface area (Å²) >= 11 is 0. The van der Waals surface area contributed by atoms with E-state index in [2.05, 4.69) is 23.7 Å². The van der Waals surface area contributed by atoms with Gasteiger partial charge in [0, 0.05) is 18.8 Å². The SMILES string of the molecule is CC(C)C1CCCN1c1cc([C@H](C)O)ccn1. The van der Waals surface area contributed by atoms with Crippen molar-refractivity contribution in [3.05, 3.63) is 23.9 Å². The molecule has 3 heteroatoms. The Hall–Kier alpha value is -1.09. The lowest BCUT2D eigenvalue weighted by Gasteiger charge is -2.29. The molecule has 0 aromatic carbocycles. The molecule has 2 heterocycles. The Kier molecular flexibility index (Phi) is 3.67. The van der Waals surface area contributed by atoms with Crippen LogP contribution in [0, 0.1) is 5.92 Å². The molecule has 17 heavy (non-hydrogen) atoms. The minimum atomic E-state index is -0.420. The summed E-state index contributed by atoms with van der Waals surface area (Å²) in [6, 6.07) is 4.49. The molecule has 1 aliphatic rings. The van der Waals surface area contributed by atoms with Crippen LogP contribution < -0.4 is 4.90 Å². The number of rotatable bonds is 3. The van der Waals surface area contributed by atoms with E-state index in [1.807, 2.05) is 12.1 Å². The van der Waals surface area contributed by atoms with Crippen LogP contribution in [0.25, 0.3) is 0 Å². The average Bonchev–Trinajstić information content (AvgIpc) is 2.78. The first-order chi connectivity index (χ1) is 8.09. The lowest BCUT2D eigenvalue weighted by Crippen LogP contribution is -2.34. The summed E-state index contributed by atoms with van der Waals surface area (Å²) in [5, 5.41) is 9.62. The van der Waals surface area contributed by atoms with Gasteiger partial charge in [-0.1, -0.05) is 13.8 Å². The van der Waals surface area contributed by atoms with Gasteiger partial charge in [0.25, 0.3) is 0 Å². The van der Waals surface area contributed by atoms with E-state index in [1.54, 1.807) is 13.1 Å². The van der Waals surface area contributed by atoms with Crippen LogP contribution in [0.5, 0.6) is 0 Å². The van der Waals surface area contributed by atoms with Crippen LogP contribution >= 0.6 is 0 Å². The second-order valence-electron chi connectivity index (χ2n) is 5.27. The van der Waals surface area contributed by atoms with E-state index >= 15 is 0 Å². The molecule has 1 unspecified atom stereocenters. The minimum Gasteiger partial charge on any atom is -0.389 e. The highest BCUT2D eigenvalue weighted by Crippen LogP contribution is 2.29. The van der Waals surface area contributed by atoms with Gasteiger partial charge in [0.1, 0.15) is 5.82 Å². The van der Waals surface area contributed by atoms with Crippen molar-refractivity contribution >= 4 is 5.82 Å². The third-order valence-corrected chi connectivity index (χ3v) is 3.62. The molecule has 0 saturated carbocycles. The normalized spacial score (nSPS) is 22.2. The fraction of sp³-hybridized carbons (Fsp3) is 0.643. The average molecular weight is 234 g/mol. The summed E-state index contributed by atoms with van der Waals surface area (Å²) in [7, 11) is 0. The smallest absolute Gasteiger partial charge is 0.129 e. The summed E-state index contributed by atoms with van der Waals surface area (Å²) in [5.74, 6) is 1.66. The Morgan fingerprint density at radius 1 is 1.41 bits per heavy atom. The number of nitrogens with zero attached hydrogens (tertiary/aromatic N) is 2. The first kappa shape index (κ1) is 12.4. The van der Waals surface area contributed by atoms with Gasteiger partial charge >= 0.3 is 0 Å². The maximum Gasteiger partial charge on any atom is 0.129 e. The molecule has 94 valence electrons. The molecule has 0 radical (unpaired) electrons. The van der Waals surface area contributed by atoms with Crippen molar-refractivity contribution in [2.45, 2.75) is 45.8 Å². The minimum absolute atomic E-state index is 0.420. The lowest BCUT2D eigenvalue weighted by molar-refractivity contribution is 0.199. The Bertz CT molecular complexity index is 376. The van der Waals surface area contributed by atoms with Crippen molar-refractivity contribution in [1.29, 1.82) is 0 Å². The molecule has 2 rings (SSSR count). The summed E-state index contributed by atoms with van der Waals surface area (Å²) in [4.78, 5) is 6.84. The molecule has 3 nitrogen and oxygen atoms in total. The quantitative estimate of drug-likeness (QED) is 0.873. The van der Waals surface area contributed by atoms with Crippen LogP contribution in [0.2, 0.25) is 0 Å².